The van der Waals surface area contributed by atoms with E-state index >= 15 is 0 Å². The summed E-state index contributed by atoms with van der Waals surface area (Å²) in [6.45, 7) is 3.74. The molecule has 0 aliphatic rings. The van der Waals surface area contributed by atoms with Crippen molar-refractivity contribution in [2.75, 3.05) is 47.5 Å². The van der Waals surface area contributed by atoms with Crippen LogP contribution in [0.5, 0.6) is 0 Å². The first-order chi connectivity index (χ1) is 30.2. The number of quaternary nitrogens is 1. The zero-order valence-electron chi connectivity index (χ0n) is 40.4. The van der Waals surface area contributed by atoms with Crippen LogP contribution in [0.4, 0.5) is 0 Å². The molecule has 0 aromatic heterocycles. The maximum absolute atomic E-state index is 12.7. The summed E-state index contributed by atoms with van der Waals surface area (Å²) in [6.07, 6.45) is 37.9. The van der Waals surface area contributed by atoms with E-state index < -0.39 is 50.8 Å². The lowest BCUT2D eigenvalue weighted by atomic mass is 10.0. The van der Waals surface area contributed by atoms with E-state index in [0.29, 0.717) is 17.4 Å². The molecule has 0 aromatic carbocycles. The molecule has 0 aliphatic carbocycles. The van der Waals surface area contributed by atoms with Gasteiger partial charge in [0.2, 0.25) is 0 Å². The third-order valence-corrected chi connectivity index (χ3v) is 11.7. The fourth-order valence-corrected chi connectivity index (χ4v) is 7.41. The van der Waals surface area contributed by atoms with Crippen LogP contribution in [0.3, 0.4) is 0 Å². The van der Waals surface area contributed by atoms with E-state index in [1.54, 1.807) is 42.5 Å². The van der Waals surface area contributed by atoms with Crippen LogP contribution < -0.4 is 4.89 Å². The molecule has 0 aromatic rings. The molecule has 0 fully saturated rings. The van der Waals surface area contributed by atoms with Crippen LogP contribution in [-0.4, -0.2) is 104 Å². The SMILES string of the molecule is CCCCCCCCCCCCCCCCCCCCCC(=O)OC[C@H](COP(=O)([O-])OCC[N+](C)(C)C)OC(=O)CCC[C@H](O)[C@@H](O)/C=C/C=C/C=C\C=C\[C@@H](O)CCCCC. The number of nitrogens with zero attached hydrogens (tertiary/aromatic N) is 1. The summed E-state index contributed by atoms with van der Waals surface area (Å²) in [5.74, 6) is -1.16. The Labute approximate surface area is 383 Å². The Kier molecular flexibility index (Phi) is 39.9. The quantitative estimate of drug-likeness (QED) is 0.0175. The molecule has 0 heterocycles. The average molecular weight is 914 g/mol. The number of rotatable bonds is 44. The Morgan fingerprint density at radius 3 is 1.56 bits per heavy atom. The first-order valence-corrected chi connectivity index (χ1v) is 26.1. The summed E-state index contributed by atoms with van der Waals surface area (Å²) in [6, 6.07) is 0. The van der Waals surface area contributed by atoms with Gasteiger partial charge in [-0.25, -0.2) is 0 Å². The van der Waals surface area contributed by atoms with Gasteiger partial charge in [0.15, 0.2) is 6.10 Å². The second kappa shape index (κ2) is 41.3. The number of esters is 2. The molecule has 12 nitrogen and oxygen atoms in total. The van der Waals surface area contributed by atoms with Crippen molar-refractivity contribution in [1.29, 1.82) is 0 Å². The Bertz CT molecular complexity index is 1270. The van der Waals surface area contributed by atoms with E-state index in [-0.39, 0.29) is 38.9 Å². The predicted octanol–water partition coefficient (Wildman–Crippen LogP) is 10.5. The highest BCUT2D eigenvalue weighted by Gasteiger charge is 2.22. The van der Waals surface area contributed by atoms with Gasteiger partial charge in [0.25, 0.3) is 7.82 Å². The monoisotopic (exact) mass is 914 g/mol. The normalized spacial score (nSPS) is 15.4. The first kappa shape index (κ1) is 60.9. The number of aliphatic hydroxyl groups excluding tert-OH is 3. The van der Waals surface area contributed by atoms with E-state index in [4.69, 9.17) is 18.5 Å². The van der Waals surface area contributed by atoms with E-state index in [0.717, 1.165) is 44.9 Å². The van der Waals surface area contributed by atoms with Gasteiger partial charge >= 0.3 is 11.9 Å². The van der Waals surface area contributed by atoms with Crippen molar-refractivity contribution in [1.82, 2.24) is 0 Å². The fraction of sp³-hybridized carbons (Fsp3) is 0.800. The van der Waals surface area contributed by atoms with Crippen LogP contribution in [-0.2, 0) is 32.7 Å². The molecule has 0 rings (SSSR count). The summed E-state index contributed by atoms with van der Waals surface area (Å²) in [7, 11) is 0.950. The molecule has 13 heteroatoms. The van der Waals surface area contributed by atoms with E-state index in [1.165, 1.54) is 102 Å². The minimum atomic E-state index is -4.73. The molecule has 0 spiro atoms. The van der Waals surface area contributed by atoms with Gasteiger partial charge in [-0.3, -0.25) is 14.2 Å². The van der Waals surface area contributed by atoms with Crippen LogP contribution >= 0.6 is 7.82 Å². The molecule has 1 unspecified atom stereocenters. The maximum Gasteiger partial charge on any atom is 0.306 e. The van der Waals surface area contributed by atoms with Crippen LogP contribution in [0.1, 0.15) is 187 Å². The van der Waals surface area contributed by atoms with Gasteiger partial charge in [-0.1, -0.05) is 197 Å². The largest absolute Gasteiger partial charge is 0.756 e. The predicted molar refractivity (Wildman–Crippen MR) is 254 cm³/mol. The molecule has 0 amide bonds. The zero-order valence-corrected chi connectivity index (χ0v) is 41.2. The summed E-state index contributed by atoms with van der Waals surface area (Å²) in [5.41, 5.74) is 0. The maximum atomic E-state index is 12.7. The molecular weight excluding hydrogens is 822 g/mol. The number of unbranched alkanes of at least 4 members (excludes halogenated alkanes) is 20. The van der Waals surface area contributed by atoms with Crippen LogP contribution in [0, 0.1) is 0 Å². The minimum absolute atomic E-state index is 0.0947. The standard InChI is InChI=1S/C50H92NO11P/c1-6-8-10-11-12-13-14-15-16-17-18-19-20-21-22-23-24-29-33-39-49(55)59-43-46(44-61-63(57,58)60-42-41-51(3,4)5)62-50(56)40-34-38-48(54)47(53)37-32-28-26-25-27-31-36-45(52)35-30-9-7-2/h25-28,31-32,36-37,45-48,52-54H,6-24,29-30,33-35,38-44H2,1-5H3/b27-25-,28-26+,36-31+,37-32+/t45-,46+,47-,48-/m0/s1. The van der Waals surface area contributed by atoms with Crippen LogP contribution in [0.25, 0.3) is 0 Å². The molecule has 368 valence electrons. The van der Waals surface area contributed by atoms with E-state index in [1.807, 2.05) is 21.1 Å². The third kappa shape index (κ3) is 43.5. The highest BCUT2D eigenvalue weighted by molar-refractivity contribution is 7.45. The number of phosphoric ester groups is 1. The van der Waals surface area contributed by atoms with Crippen LogP contribution in [0.15, 0.2) is 48.6 Å². The molecule has 0 bridgehead atoms. The topological polar surface area (TPSA) is 172 Å². The van der Waals surface area contributed by atoms with Gasteiger partial charge < -0.3 is 43.2 Å². The molecule has 63 heavy (non-hydrogen) atoms. The van der Waals surface area contributed by atoms with Crippen molar-refractivity contribution >= 4 is 19.8 Å². The van der Waals surface area contributed by atoms with Gasteiger partial charge in [-0.05, 0) is 25.7 Å². The number of hydrogen-bond acceptors (Lipinski definition) is 11. The van der Waals surface area contributed by atoms with Gasteiger partial charge in [0.05, 0.1) is 46.1 Å². The molecule has 3 N–H and O–H groups in total. The number of likely N-dealkylation sites (N-methyl/N-ethyl adjacent to an activating group) is 1. The van der Waals surface area contributed by atoms with Gasteiger partial charge in [-0.2, -0.15) is 0 Å². The highest BCUT2D eigenvalue weighted by atomic mass is 31.2. The first-order valence-electron chi connectivity index (χ1n) is 24.7. The van der Waals surface area contributed by atoms with Crippen molar-refractivity contribution in [3.8, 4) is 0 Å². The second-order valence-corrected chi connectivity index (χ2v) is 19.5. The Morgan fingerprint density at radius 2 is 1.03 bits per heavy atom. The van der Waals surface area contributed by atoms with Crippen molar-refractivity contribution in [3.63, 3.8) is 0 Å². The van der Waals surface area contributed by atoms with Gasteiger partial charge in [0.1, 0.15) is 19.8 Å². The van der Waals surface area contributed by atoms with Crippen molar-refractivity contribution < 1.29 is 57.4 Å². The summed E-state index contributed by atoms with van der Waals surface area (Å²) in [5, 5.41) is 30.6. The number of allylic oxidation sites excluding steroid dienone is 6. The second-order valence-electron chi connectivity index (χ2n) is 18.1. The number of carbonyl (C=O) groups excluding carboxylic acids is 2. The third-order valence-electron chi connectivity index (χ3n) is 10.7. The molecule has 0 saturated heterocycles. The lowest BCUT2D eigenvalue weighted by Gasteiger charge is -2.28. The molecule has 0 saturated carbocycles. The van der Waals surface area contributed by atoms with Crippen molar-refractivity contribution in [3.05, 3.63) is 48.6 Å². The Morgan fingerprint density at radius 1 is 0.571 bits per heavy atom. The molecule has 0 radical (unpaired) electrons. The van der Waals surface area contributed by atoms with Gasteiger partial charge in [-0.15, -0.1) is 0 Å². The highest BCUT2D eigenvalue weighted by Crippen LogP contribution is 2.38. The lowest BCUT2D eigenvalue weighted by molar-refractivity contribution is -0.870. The van der Waals surface area contributed by atoms with Crippen molar-refractivity contribution in [2.45, 2.75) is 212 Å². The molecule has 5 atom stereocenters. The Balaban J connectivity index is 4.57. The summed E-state index contributed by atoms with van der Waals surface area (Å²) < 4.78 is 33.7. The average Bonchev–Trinajstić information content (AvgIpc) is 3.23. The Hall–Kier alpha value is -2.15. The summed E-state index contributed by atoms with van der Waals surface area (Å²) >= 11 is 0. The molecule has 0 aliphatic heterocycles. The minimum Gasteiger partial charge on any atom is -0.756 e. The lowest BCUT2D eigenvalue weighted by Crippen LogP contribution is -2.37. The number of hydrogen-bond donors (Lipinski definition) is 3. The van der Waals surface area contributed by atoms with Gasteiger partial charge in [0, 0.05) is 12.8 Å². The van der Waals surface area contributed by atoms with E-state index in [2.05, 4.69) is 13.8 Å². The van der Waals surface area contributed by atoms with Crippen molar-refractivity contribution in [2.24, 2.45) is 0 Å². The summed E-state index contributed by atoms with van der Waals surface area (Å²) in [4.78, 5) is 37.7. The number of carbonyl (C=O) groups is 2. The van der Waals surface area contributed by atoms with Crippen LogP contribution in [0.2, 0.25) is 0 Å². The zero-order chi connectivity index (χ0) is 46.9. The number of aliphatic hydroxyl groups is 3. The number of phosphoric acid groups is 1. The smallest absolute Gasteiger partial charge is 0.306 e. The van der Waals surface area contributed by atoms with E-state index in [9.17, 15) is 34.4 Å². The fourth-order valence-electron chi connectivity index (χ4n) is 6.69. The number of ether oxygens (including phenoxy) is 2. The molecular formula is C50H92NO11P.